The van der Waals surface area contributed by atoms with E-state index in [4.69, 9.17) is 11.6 Å². The summed E-state index contributed by atoms with van der Waals surface area (Å²) < 4.78 is 36.6. The van der Waals surface area contributed by atoms with Gasteiger partial charge in [-0.3, -0.25) is 0 Å². The van der Waals surface area contributed by atoms with E-state index in [9.17, 15) is 12.8 Å². The highest BCUT2D eigenvalue weighted by Gasteiger charge is 2.15. The molecule has 6 heteroatoms. The number of nitrogens with one attached hydrogen (secondary N) is 1. The van der Waals surface area contributed by atoms with Gasteiger partial charge in [-0.05, 0) is 29.8 Å². The number of hydrogen-bond acceptors (Lipinski definition) is 3. The first-order chi connectivity index (χ1) is 9.88. The second kappa shape index (κ2) is 6.56. The van der Waals surface area contributed by atoms with Gasteiger partial charge in [0.2, 0.25) is 0 Å². The lowest BCUT2D eigenvalue weighted by molar-refractivity contribution is 0.598. The van der Waals surface area contributed by atoms with Crippen LogP contribution >= 0.6 is 11.6 Å². The molecule has 0 aliphatic carbocycles. The zero-order chi connectivity index (χ0) is 15.5. The normalized spacial score (nSPS) is 11.6. The fraction of sp³-hybridized carbons (Fsp3) is 0.200. The van der Waals surface area contributed by atoms with Gasteiger partial charge in [0, 0.05) is 29.9 Å². The highest BCUT2D eigenvalue weighted by molar-refractivity contribution is 7.90. The Morgan fingerprint density at radius 3 is 2.52 bits per heavy atom. The summed E-state index contributed by atoms with van der Waals surface area (Å²) in [5.74, 6) is -0.302. The maximum absolute atomic E-state index is 13.1. The fourth-order valence-corrected chi connectivity index (χ4v) is 3.29. The average Bonchev–Trinajstić information content (AvgIpc) is 2.39. The molecule has 0 amide bonds. The number of benzene rings is 2. The topological polar surface area (TPSA) is 46.2 Å². The van der Waals surface area contributed by atoms with Crippen molar-refractivity contribution < 1.29 is 12.8 Å². The first kappa shape index (κ1) is 15.9. The second-order valence-corrected chi connectivity index (χ2v) is 7.11. The molecule has 21 heavy (non-hydrogen) atoms. The van der Waals surface area contributed by atoms with Crippen molar-refractivity contribution in [3.63, 3.8) is 0 Å². The summed E-state index contributed by atoms with van der Waals surface area (Å²) in [6, 6.07) is 11.0. The van der Waals surface area contributed by atoms with Gasteiger partial charge in [-0.1, -0.05) is 29.8 Å². The summed E-state index contributed by atoms with van der Waals surface area (Å²) in [5.41, 5.74) is 1.31. The Hall–Kier alpha value is -1.43. The molecule has 2 rings (SSSR count). The molecule has 0 aromatic heterocycles. The molecule has 112 valence electrons. The van der Waals surface area contributed by atoms with Crippen LogP contribution in [0.2, 0.25) is 5.02 Å². The van der Waals surface area contributed by atoms with E-state index in [0.717, 1.165) is 11.8 Å². The molecule has 0 unspecified atom stereocenters. The van der Waals surface area contributed by atoms with E-state index in [1.165, 1.54) is 18.2 Å². The molecular weight excluding hydrogens is 313 g/mol. The lowest BCUT2D eigenvalue weighted by Crippen LogP contribution is -2.15. The van der Waals surface area contributed by atoms with Crippen molar-refractivity contribution in [1.29, 1.82) is 0 Å². The molecule has 0 spiro atoms. The third-order valence-electron chi connectivity index (χ3n) is 3.00. The Morgan fingerprint density at radius 1 is 1.14 bits per heavy atom. The first-order valence-corrected chi connectivity index (χ1v) is 8.57. The molecule has 0 atom stereocenters. The maximum atomic E-state index is 13.1. The summed E-state index contributed by atoms with van der Waals surface area (Å²) in [6.07, 6.45) is 1.15. The van der Waals surface area contributed by atoms with Crippen LogP contribution in [0.5, 0.6) is 0 Å². The van der Waals surface area contributed by atoms with Crippen LogP contribution in [-0.4, -0.2) is 14.7 Å². The Morgan fingerprint density at radius 2 is 1.86 bits per heavy atom. The zero-order valence-electron chi connectivity index (χ0n) is 11.4. The van der Waals surface area contributed by atoms with Crippen molar-refractivity contribution in [1.82, 2.24) is 5.32 Å². The minimum atomic E-state index is -3.34. The molecule has 0 bridgehead atoms. The van der Waals surface area contributed by atoms with Crippen LogP contribution in [0.1, 0.15) is 11.1 Å². The number of halogens is 2. The maximum Gasteiger partial charge on any atom is 0.175 e. The monoisotopic (exact) mass is 327 g/mol. The van der Waals surface area contributed by atoms with E-state index in [-0.39, 0.29) is 10.7 Å². The second-order valence-electron chi connectivity index (χ2n) is 4.72. The van der Waals surface area contributed by atoms with Crippen molar-refractivity contribution >= 4 is 21.4 Å². The highest BCUT2D eigenvalue weighted by Crippen LogP contribution is 2.23. The summed E-state index contributed by atoms with van der Waals surface area (Å²) in [5, 5.41) is 3.48. The van der Waals surface area contributed by atoms with E-state index in [1.807, 2.05) is 0 Å². The zero-order valence-corrected chi connectivity index (χ0v) is 13.0. The van der Waals surface area contributed by atoms with Gasteiger partial charge in [-0.2, -0.15) is 0 Å². The van der Waals surface area contributed by atoms with Crippen molar-refractivity contribution in [2.45, 2.75) is 18.0 Å². The molecule has 2 aromatic carbocycles. The number of rotatable bonds is 5. The van der Waals surface area contributed by atoms with E-state index >= 15 is 0 Å². The summed E-state index contributed by atoms with van der Waals surface area (Å²) in [4.78, 5) is 0.210. The van der Waals surface area contributed by atoms with E-state index < -0.39 is 9.84 Å². The van der Waals surface area contributed by atoms with Gasteiger partial charge in [0.05, 0.1) is 4.90 Å². The largest absolute Gasteiger partial charge is 0.309 e. The molecule has 0 saturated carbocycles. The van der Waals surface area contributed by atoms with Gasteiger partial charge in [-0.25, -0.2) is 12.8 Å². The molecule has 0 aliphatic rings. The molecule has 3 nitrogen and oxygen atoms in total. The minimum Gasteiger partial charge on any atom is -0.309 e. The lowest BCUT2D eigenvalue weighted by Gasteiger charge is -2.11. The molecule has 2 aromatic rings. The van der Waals surface area contributed by atoms with Crippen LogP contribution in [0.25, 0.3) is 0 Å². The molecular formula is C15H15ClFNO2S. The SMILES string of the molecule is CS(=O)(=O)c1cccc(Cl)c1CNCc1cccc(F)c1. The molecule has 0 radical (unpaired) electrons. The van der Waals surface area contributed by atoms with Gasteiger partial charge in [0.15, 0.2) is 9.84 Å². The van der Waals surface area contributed by atoms with Gasteiger partial charge < -0.3 is 5.32 Å². The van der Waals surface area contributed by atoms with E-state index in [1.54, 1.807) is 24.3 Å². The summed E-state index contributed by atoms with van der Waals surface area (Å²) >= 11 is 6.08. The molecule has 0 heterocycles. The van der Waals surface area contributed by atoms with Crippen molar-refractivity contribution in [2.24, 2.45) is 0 Å². The molecule has 0 saturated heterocycles. The van der Waals surface area contributed by atoms with Gasteiger partial charge in [0.25, 0.3) is 0 Å². The third kappa shape index (κ3) is 4.27. The van der Waals surface area contributed by atoms with Crippen molar-refractivity contribution in [2.75, 3.05) is 6.26 Å². The van der Waals surface area contributed by atoms with Crippen molar-refractivity contribution in [3.8, 4) is 0 Å². The third-order valence-corrected chi connectivity index (χ3v) is 4.53. The van der Waals surface area contributed by atoms with Crippen molar-refractivity contribution in [3.05, 3.63) is 64.4 Å². The van der Waals surface area contributed by atoms with Crippen LogP contribution in [0.3, 0.4) is 0 Å². The molecule has 1 N–H and O–H groups in total. The number of sulfone groups is 1. The smallest absolute Gasteiger partial charge is 0.175 e. The number of hydrogen-bond donors (Lipinski definition) is 1. The Kier molecular flexibility index (Phi) is 4.98. The van der Waals surface area contributed by atoms with Crippen LogP contribution in [0.4, 0.5) is 4.39 Å². The van der Waals surface area contributed by atoms with Crippen LogP contribution in [0, 0.1) is 5.82 Å². The standard InChI is InChI=1S/C15H15ClFNO2S/c1-21(19,20)15-7-3-6-14(16)13(15)10-18-9-11-4-2-5-12(17)8-11/h2-8,18H,9-10H2,1H3. The molecule has 0 fully saturated rings. The lowest BCUT2D eigenvalue weighted by atomic mass is 10.2. The van der Waals surface area contributed by atoms with Crippen LogP contribution in [0.15, 0.2) is 47.4 Å². The Bertz CT molecular complexity index is 747. The predicted molar refractivity (Wildman–Crippen MR) is 81.5 cm³/mol. The molecule has 0 aliphatic heterocycles. The first-order valence-electron chi connectivity index (χ1n) is 6.30. The van der Waals surface area contributed by atoms with Gasteiger partial charge in [-0.15, -0.1) is 0 Å². The Balaban J connectivity index is 2.14. The Labute approximate surface area is 128 Å². The van der Waals surface area contributed by atoms with Gasteiger partial charge >= 0.3 is 0 Å². The minimum absolute atomic E-state index is 0.210. The predicted octanol–water partition coefficient (Wildman–Crippen LogP) is 3.17. The van der Waals surface area contributed by atoms with Crippen LogP contribution < -0.4 is 5.32 Å². The summed E-state index contributed by atoms with van der Waals surface area (Å²) in [7, 11) is -3.34. The van der Waals surface area contributed by atoms with Gasteiger partial charge in [0.1, 0.15) is 5.82 Å². The van der Waals surface area contributed by atoms with E-state index in [2.05, 4.69) is 5.32 Å². The van der Waals surface area contributed by atoms with Crippen LogP contribution in [-0.2, 0) is 22.9 Å². The fourth-order valence-electron chi connectivity index (χ4n) is 2.04. The summed E-state index contributed by atoms with van der Waals surface area (Å²) in [6.45, 7) is 0.713. The highest BCUT2D eigenvalue weighted by atomic mass is 35.5. The average molecular weight is 328 g/mol. The quantitative estimate of drug-likeness (QED) is 0.917. The van der Waals surface area contributed by atoms with E-state index in [0.29, 0.717) is 23.7 Å².